The molecule has 1 atom stereocenters. The summed E-state index contributed by atoms with van der Waals surface area (Å²) in [5.74, 6) is 3.32. The Morgan fingerprint density at radius 3 is 2.87 bits per heavy atom. The van der Waals surface area contributed by atoms with Crippen LogP contribution in [0.4, 0.5) is 0 Å². The number of para-hydroxylation sites is 1. The van der Waals surface area contributed by atoms with Crippen LogP contribution >= 0.6 is 24.0 Å². The fraction of sp³-hybridized carbons (Fsp3) is 0.318. The van der Waals surface area contributed by atoms with E-state index >= 15 is 0 Å². The van der Waals surface area contributed by atoms with Crippen LogP contribution in [0.3, 0.4) is 0 Å². The number of hydrogen-bond donors (Lipinski definition) is 2. The van der Waals surface area contributed by atoms with Gasteiger partial charge in [0.15, 0.2) is 5.96 Å². The Labute approximate surface area is 198 Å². The van der Waals surface area contributed by atoms with Gasteiger partial charge in [0.05, 0.1) is 12.3 Å². The van der Waals surface area contributed by atoms with Crippen LogP contribution < -0.4 is 10.6 Å². The predicted molar refractivity (Wildman–Crippen MR) is 130 cm³/mol. The molecule has 4 aromatic rings. The molecule has 0 saturated carbocycles. The Balaban J connectivity index is 0.00000272. The minimum absolute atomic E-state index is 0. The molecule has 0 radical (unpaired) electrons. The zero-order valence-corrected chi connectivity index (χ0v) is 19.9. The molecule has 31 heavy (non-hydrogen) atoms. The Morgan fingerprint density at radius 2 is 2.10 bits per heavy atom. The number of guanidine groups is 1. The van der Waals surface area contributed by atoms with Gasteiger partial charge in [-0.05, 0) is 31.2 Å². The van der Waals surface area contributed by atoms with Gasteiger partial charge in [-0.1, -0.05) is 25.1 Å². The maximum Gasteiger partial charge on any atom is 0.192 e. The van der Waals surface area contributed by atoms with E-state index in [1.165, 1.54) is 0 Å². The maximum atomic E-state index is 5.99. The summed E-state index contributed by atoms with van der Waals surface area (Å²) in [6.45, 7) is 6.00. The van der Waals surface area contributed by atoms with Gasteiger partial charge >= 0.3 is 0 Å². The van der Waals surface area contributed by atoms with E-state index in [4.69, 9.17) is 8.83 Å². The normalized spacial score (nSPS) is 12.5. The SMILES string of the molecule is CCc1nncn1CCNC(=NCc1ccco1)NC(C)c1cc2ccccc2o1.I. The summed E-state index contributed by atoms with van der Waals surface area (Å²) < 4.78 is 13.4. The van der Waals surface area contributed by atoms with E-state index < -0.39 is 0 Å². The molecule has 3 aromatic heterocycles. The van der Waals surface area contributed by atoms with Gasteiger partial charge in [-0.15, -0.1) is 34.2 Å². The summed E-state index contributed by atoms with van der Waals surface area (Å²) in [5.41, 5.74) is 0.878. The van der Waals surface area contributed by atoms with Gasteiger partial charge in [0.25, 0.3) is 0 Å². The molecule has 8 nitrogen and oxygen atoms in total. The Hall–Kier alpha value is -2.82. The molecule has 1 aromatic carbocycles. The molecule has 0 saturated heterocycles. The first-order valence-corrected chi connectivity index (χ1v) is 10.2. The first kappa shape index (κ1) is 22.9. The van der Waals surface area contributed by atoms with Crippen LogP contribution in [0.15, 0.2) is 68.9 Å². The molecule has 3 heterocycles. The van der Waals surface area contributed by atoms with Crippen LogP contribution in [-0.2, 0) is 19.5 Å². The standard InChI is InChI=1S/C22H26N6O2.HI/c1-3-21-27-25-15-28(21)11-10-23-22(24-14-18-8-6-12-29-18)26-16(2)20-13-17-7-4-5-9-19(17)30-20;/h4-9,12-13,15-16H,3,10-11,14H2,1-2H3,(H2,23,24,26);1H. The number of aliphatic imine (C=N–C) groups is 1. The Bertz CT molecular complexity index is 1070. The smallest absolute Gasteiger partial charge is 0.192 e. The van der Waals surface area contributed by atoms with E-state index in [1.807, 2.05) is 41.0 Å². The lowest BCUT2D eigenvalue weighted by Gasteiger charge is -2.17. The van der Waals surface area contributed by atoms with Crippen LogP contribution in [0.5, 0.6) is 0 Å². The lowest BCUT2D eigenvalue weighted by Crippen LogP contribution is -2.40. The Kier molecular flexibility index (Phi) is 8.10. The molecule has 0 aliphatic carbocycles. The average Bonchev–Trinajstić information content (AvgIpc) is 3.52. The van der Waals surface area contributed by atoms with Crippen molar-refractivity contribution in [1.82, 2.24) is 25.4 Å². The second-order valence-electron chi connectivity index (χ2n) is 7.02. The van der Waals surface area contributed by atoms with E-state index in [0.29, 0.717) is 19.0 Å². The second kappa shape index (κ2) is 11.0. The first-order chi connectivity index (χ1) is 14.7. The molecular weight excluding hydrogens is 507 g/mol. The first-order valence-electron chi connectivity index (χ1n) is 10.2. The highest BCUT2D eigenvalue weighted by Gasteiger charge is 2.13. The minimum atomic E-state index is -0.0543. The lowest BCUT2D eigenvalue weighted by atomic mass is 10.2. The van der Waals surface area contributed by atoms with Crippen molar-refractivity contribution < 1.29 is 8.83 Å². The van der Waals surface area contributed by atoms with E-state index in [1.54, 1.807) is 12.6 Å². The molecule has 0 spiro atoms. The Morgan fingerprint density at radius 1 is 1.23 bits per heavy atom. The quantitative estimate of drug-likeness (QED) is 0.199. The summed E-state index contributed by atoms with van der Waals surface area (Å²) in [6, 6.07) is 13.8. The zero-order valence-electron chi connectivity index (χ0n) is 17.6. The number of aromatic nitrogens is 3. The van der Waals surface area contributed by atoms with Crippen LogP contribution in [0.2, 0.25) is 0 Å². The number of benzene rings is 1. The number of halogens is 1. The average molecular weight is 534 g/mol. The van der Waals surface area contributed by atoms with E-state index in [2.05, 4.69) is 45.7 Å². The number of furan rings is 2. The monoisotopic (exact) mass is 534 g/mol. The summed E-state index contributed by atoms with van der Waals surface area (Å²) in [7, 11) is 0. The van der Waals surface area contributed by atoms with Gasteiger partial charge in [0.1, 0.15) is 35.8 Å². The van der Waals surface area contributed by atoms with E-state index in [-0.39, 0.29) is 30.0 Å². The lowest BCUT2D eigenvalue weighted by molar-refractivity contribution is 0.485. The van der Waals surface area contributed by atoms with Gasteiger partial charge in [0, 0.05) is 24.9 Å². The number of aryl methyl sites for hydroxylation is 1. The summed E-state index contributed by atoms with van der Waals surface area (Å²) in [4.78, 5) is 4.67. The molecule has 0 aliphatic rings. The third kappa shape index (κ3) is 5.87. The molecule has 0 amide bonds. The van der Waals surface area contributed by atoms with Crippen molar-refractivity contribution in [2.45, 2.75) is 39.4 Å². The maximum absolute atomic E-state index is 5.99. The third-order valence-corrected chi connectivity index (χ3v) is 4.85. The molecule has 1 unspecified atom stereocenters. The fourth-order valence-corrected chi connectivity index (χ4v) is 3.24. The molecule has 164 valence electrons. The molecule has 4 rings (SSSR count). The summed E-state index contributed by atoms with van der Waals surface area (Å²) in [6.07, 6.45) is 4.26. The van der Waals surface area contributed by atoms with Crippen molar-refractivity contribution in [1.29, 1.82) is 0 Å². The summed E-state index contributed by atoms with van der Waals surface area (Å²) >= 11 is 0. The van der Waals surface area contributed by atoms with Crippen LogP contribution in [0, 0.1) is 0 Å². The highest BCUT2D eigenvalue weighted by molar-refractivity contribution is 14.0. The molecule has 2 N–H and O–H groups in total. The zero-order chi connectivity index (χ0) is 20.8. The van der Waals surface area contributed by atoms with Crippen molar-refractivity contribution in [2.75, 3.05) is 6.54 Å². The van der Waals surface area contributed by atoms with Crippen molar-refractivity contribution >= 4 is 40.9 Å². The summed E-state index contributed by atoms with van der Waals surface area (Å²) in [5, 5.41) is 16.0. The number of nitrogens with zero attached hydrogens (tertiary/aromatic N) is 4. The van der Waals surface area contributed by atoms with Crippen molar-refractivity contribution in [2.24, 2.45) is 4.99 Å². The van der Waals surface area contributed by atoms with Crippen LogP contribution in [0.25, 0.3) is 11.0 Å². The number of fused-ring (bicyclic) bond motifs is 1. The van der Waals surface area contributed by atoms with Gasteiger partial charge < -0.3 is 24.0 Å². The third-order valence-electron chi connectivity index (χ3n) is 4.85. The molecular formula is C22H27IN6O2. The second-order valence-corrected chi connectivity index (χ2v) is 7.02. The van der Waals surface area contributed by atoms with Crippen LogP contribution in [0.1, 0.15) is 37.2 Å². The van der Waals surface area contributed by atoms with Gasteiger partial charge in [-0.3, -0.25) is 0 Å². The highest BCUT2D eigenvalue weighted by atomic mass is 127. The van der Waals surface area contributed by atoms with Crippen LogP contribution in [-0.4, -0.2) is 27.3 Å². The topological polar surface area (TPSA) is 93.4 Å². The highest BCUT2D eigenvalue weighted by Crippen LogP contribution is 2.23. The van der Waals surface area contributed by atoms with Gasteiger partial charge in [-0.2, -0.15) is 0 Å². The predicted octanol–water partition coefficient (Wildman–Crippen LogP) is 4.29. The van der Waals surface area contributed by atoms with Crippen molar-refractivity contribution in [3.8, 4) is 0 Å². The number of rotatable bonds is 8. The van der Waals surface area contributed by atoms with Crippen molar-refractivity contribution in [3.05, 3.63) is 72.4 Å². The van der Waals surface area contributed by atoms with Crippen molar-refractivity contribution in [3.63, 3.8) is 0 Å². The fourth-order valence-electron chi connectivity index (χ4n) is 3.24. The van der Waals surface area contributed by atoms with Gasteiger partial charge in [-0.25, -0.2) is 4.99 Å². The largest absolute Gasteiger partial charge is 0.467 e. The van der Waals surface area contributed by atoms with E-state index in [0.717, 1.165) is 41.3 Å². The molecule has 0 bridgehead atoms. The minimum Gasteiger partial charge on any atom is -0.467 e. The number of hydrogen-bond acceptors (Lipinski definition) is 5. The molecule has 9 heteroatoms. The van der Waals surface area contributed by atoms with Gasteiger partial charge in [0.2, 0.25) is 0 Å². The molecule has 0 aliphatic heterocycles. The molecule has 0 fully saturated rings. The van der Waals surface area contributed by atoms with E-state index in [9.17, 15) is 0 Å². The number of nitrogens with one attached hydrogen (secondary N) is 2.